The van der Waals surface area contributed by atoms with Crippen molar-refractivity contribution >= 4 is 21.6 Å². The Morgan fingerprint density at radius 3 is 2.00 bits per heavy atom. The zero-order valence-electron chi connectivity index (χ0n) is 16.0. The minimum atomic E-state index is -3.70. The number of likely N-dealkylation sites (tertiary alicyclic amines) is 1. The van der Waals surface area contributed by atoms with Gasteiger partial charge in [0.2, 0.25) is 0 Å². The summed E-state index contributed by atoms with van der Waals surface area (Å²) in [5.41, 5.74) is 2.18. The highest BCUT2D eigenvalue weighted by atomic mass is 32.2. The predicted molar refractivity (Wildman–Crippen MR) is 108 cm³/mol. The molecular formula is C21H26N2O3S. The van der Waals surface area contributed by atoms with Gasteiger partial charge in [0.1, 0.15) is 0 Å². The topological polar surface area (TPSA) is 66.5 Å². The molecule has 1 aliphatic heterocycles. The zero-order valence-corrected chi connectivity index (χ0v) is 16.8. The van der Waals surface area contributed by atoms with Crippen LogP contribution >= 0.6 is 0 Å². The molecule has 2 aromatic carbocycles. The van der Waals surface area contributed by atoms with Gasteiger partial charge in [0.05, 0.1) is 4.90 Å². The summed E-state index contributed by atoms with van der Waals surface area (Å²) in [5.74, 6) is -0.0397. The van der Waals surface area contributed by atoms with Crippen molar-refractivity contribution < 1.29 is 13.2 Å². The SMILES string of the molecule is CC(C)(C)c1ccc(NS(=O)(=O)c2ccc(C(=O)N3CCCC3)cc2)cc1. The number of hydrogen-bond acceptors (Lipinski definition) is 3. The Labute approximate surface area is 161 Å². The van der Waals surface area contributed by atoms with Gasteiger partial charge in [-0.05, 0) is 60.2 Å². The third kappa shape index (κ3) is 4.50. The lowest BCUT2D eigenvalue weighted by Crippen LogP contribution is -2.27. The third-order valence-corrected chi connectivity index (χ3v) is 6.21. The van der Waals surface area contributed by atoms with Gasteiger partial charge in [0, 0.05) is 24.3 Å². The summed E-state index contributed by atoms with van der Waals surface area (Å²) in [6, 6.07) is 13.5. The van der Waals surface area contributed by atoms with Crippen molar-refractivity contribution in [2.75, 3.05) is 17.8 Å². The molecule has 1 aliphatic rings. The van der Waals surface area contributed by atoms with E-state index < -0.39 is 10.0 Å². The van der Waals surface area contributed by atoms with E-state index in [0.29, 0.717) is 11.3 Å². The fourth-order valence-electron chi connectivity index (χ4n) is 3.13. The summed E-state index contributed by atoms with van der Waals surface area (Å²) >= 11 is 0. The van der Waals surface area contributed by atoms with E-state index in [1.807, 2.05) is 12.1 Å². The maximum absolute atomic E-state index is 12.6. The number of anilines is 1. The lowest BCUT2D eigenvalue weighted by atomic mass is 9.87. The molecule has 0 bridgehead atoms. The molecule has 0 spiro atoms. The van der Waals surface area contributed by atoms with Crippen LogP contribution in [-0.4, -0.2) is 32.3 Å². The van der Waals surface area contributed by atoms with E-state index in [1.165, 1.54) is 12.1 Å². The summed E-state index contributed by atoms with van der Waals surface area (Å²) < 4.78 is 27.8. The molecule has 3 rings (SSSR count). The molecule has 2 aromatic rings. The van der Waals surface area contributed by atoms with Crippen molar-refractivity contribution in [3.05, 3.63) is 59.7 Å². The molecule has 144 valence electrons. The average Bonchev–Trinajstić information content (AvgIpc) is 3.15. The van der Waals surface area contributed by atoms with Gasteiger partial charge in [0.15, 0.2) is 0 Å². The molecule has 1 amide bonds. The number of carbonyl (C=O) groups excluding carboxylic acids is 1. The molecule has 5 nitrogen and oxygen atoms in total. The standard InChI is InChI=1S/C21H26N2O3S/c1-21(2,3)17-8-10-18(11-9-17)22-27(25,26)19-12-6-16(7-13-19)20(24)23-14-4-5-15-23/h6-13,22H,4-5,14-15H2,1-3H3. The van der Waals surface area contributed by atoms with Crippen LogP contribution in [0, 0.1) is 0 Å². The largest absolute Gasteiger partial charge is 0.339 e. The minimum absolute atomic E-state index is 0.00904. The first kappa shape index (κ1) is 19.4. The van der Waals surface area contributed by atoms with Crippen LogP contribution in [0.2, 0.25) is 0 Å². The quantitative estimate of drug-likeness (QED) is 0.863. The van der Waals surface area contributed by atoms with E-state index in [2.05, 4.69) is 25.5 Å². The Bertz CT molecular complexity index is 905. The monoisotopic (exact) mass is 386 g/mol. The Morgan fingerprint density at radius 1 is 0.926 bits per heavy atom. The van der Waals surface area contributed by atoms with Crippen molar-refractivity contribution in [3.8, 4) is 0 Å². The van der Waals surface area contributed by atoms with Gasteiger partial charge in [-0.15, -0.1) is 0 Å². The van der Waals surface area contributed by atoms with E-state index in [0.717, 1.165) is 31.5 Å². The molecule has 0 saturated carbocycles. The fourth-order valence-corrected chi connectivity index (χ4v) is 4.19. The molecule has 1 saturated heterocycles. The van der Waals surface area contributed by atoms with Crippen molar-refractivity contribution in [2.45, 2.75) is 43.9 Å². The van der Waals surface area contributed by atoms with Crippen LogP contribution in [0.1, 0.15) is 49.5 Å². The number of carbonyl (C=O) groups is 1. The molecular weight excluding hydrogens is 360 g/mol. The van der Waals surface area contributed by atoms with Crippen LogP contribution in [0.15, 0.2) is 53.4 Å². The summed E-state index contributed by atoms with van der Waals surface area (Å²) in [4.78, 5) is 14.3. The van der Waals surface area contributed by atoms with Crippen LogP contribution in [0.25, 0.3) is 0 Å². The van der Waals surface area contributed by atoms with Crippen LogP contribution in [-0.2, 0) is 15.4 Å². The first-order chi connectivity index (χ1) is 12.7. The Morgan fingerprint density at radius 2 is 1.48 bits per heavy atom. The van der Waals surface area contributed by atoms with Crippen molar-refractivity contribution in [1.82, 2.24) is 4.90 Å². The summed E-state index contributed by atoms with van der Waals surface area (Å²) in [7, 11) is -3.70. The van der Waals surface area contributed by atoms with E-state index in [-0.39, 0.29) is 16.2 Å². The Hall–Kier alpha value is -2.34. The van der Waals surface area contributed by atoms with Gasteiger partial charge >= 0.3 is 0 Å². The Balaban J connectivity index is 1.74. The second-order valence-electron chi connectivity index (χ2n) is 7.96. The average molecular weight is 387 g/mol. The van der Waals surface area contributed by atoms with Crippen LogP contribution < -0.4 is 4.72 Å². The predicted octanol–water partition coefficient (Wildman–Crippen LogP) is 4.02. The molecule has 1 fully saturated rings. The molecule has 6 heteroatoms. The van der Waals surface area contributed by atoms with Crippen LogP contribution in [0.4, 0.5) is 5.69 Å². The lowest BCUT2D eigenvalue weighted by Gasteiger charge is -2.19. The second-order valence-corrected chi connectivity index (χ2v) is 9.64. The van der Waals surface area contributed by atoms with Crippen molar-refractivity contribution in [3.63, 3.8) is 0 Å². The summed E-state index contributed by atoms with van der Waals surface area (Å²) in [5, 5.41) is 0. The molecule has 1 heterocycles. The zero-order chi connectivity index (χ0) is 19.7. The maximum Gasteiger partial charge on any atom is 0.261 e. The molecule has 0 aromatic heterocycles. The summed E-state index contributed by atoms with van der Waals surface area (Å²) in [6.07, 6.45) is 2.05. The number of benzene rings is 2. The number of sulfonamides is 1. The molecule has 0 aliphatic carbocycles. The van der Waals surface area contributed by atoms with E-state index in [9.17, 15) is 13.2 Å². The number of amides is 1. The van der Waals surface area contributed by atoms with E-state index in [1.54, 1.807) is 29.2 Å². The molecule has 27 heavy (non-hydrogen) atoms. The second kappa shape index (κ2) is 7.35. The molecule has 0 unspecified atom stereocenters. The van der Waals surface area contributed by atoms with Gasteiger partial charge in [-0.3, -0.25) is 9.52 Å². The van der Waals surface area contributed by atoms with Crippen LogP contribution in [0.3, 0.4) is 0 Å². The number of rotatable bonds is 4. The third-order valence-electron chi connectivity index (χ3n) is 4.81. The summed E-state index contributed by atoms with van der Waals surface area (Å²) in [6.45, 7) is 7.86. The molecule has 0 radical (unpaired) electrons. The van der Waals surface area contributed by atoms with Gasteiger partial charge < -0.3 is 4.90 Å². The molecule has 1 N–H and O–H groups in total. The first-order valence-electron chi connectivity index (χ1n) is 9.19. The highest BCUT2D eigenvalue weighted by Gasteiger charge is 2.21. The van der Waals surface area contributed by atoms with E-state index >= 15 is 0 Å². The highest BCUT2D eigenvalue weighted by molar-refractivity contribution is 7.92. The van der Waals surface area contributed by atoms with E-state index in [4.69, 9.17) is 0 Å². The Kier molecular flexibility index (Phi) is 5.29. The van der Waals surface area contributed by atoms with Gasteiger partial charge in [-0.2, -0.15) is 0 Å². The normalized spacial score (nSPS) is 15.0. The van der Waals surface area contributed by atoms with Gasteiger partial charge in [0.25, 0.3) is 15.9 Å². The number of nitrogens with one attached hydrogen (secondary N) is 1. The first-order valence-corrected chi connectivity index (χ1v) is 10.7. The molecule has 0 atom stereocenters. The lowest BCUT2D eigenvalue weighted by molar-refractivity contribution is 0.0792. The number of nitrogens with zero attached hydrogens (tertiary/aromatic N) is 1. The van der Waals surface area contributed by atoms with Crippen molar-refractivity contribution in [2.24, 2.45) is 0 Å². The fraction of sp³-hybridized carbons (Fsp3) is 0.381. The van der Waals surface area contributed by atoms with Crippen LogP contribution in [0.5, 0.6) is 0 Å². The van der Waals surface area contributed by atoms with Gasteiger partial charge in [-0.25, -0.2) is 8.42 Å². The number of hydrogen-bond donors (Lipinski definition) is 1. The minimum Gasteiger partial charge on any atom is -0.339 e. The smallest absolute Gasteiger partial charge is 0.261 e. The highest BCUT2D eigenvalue weighted by Crippen LogP contribution is 2.25. The van der Waals surface area contributed by atoms with Gasteiger partial charge in [-0.1, -0.05) is 32.9 Å². The maximum atomic E-state index is 12.6. The van der Waals surface area contributed by atoms with Crippen molar-refractivity contribution in [1.29, 1.82) is 0 Å².